The van der Waals surface area contributed by atoms with Crippen LogP contribution in [0.1, 0.15) is 16.7 Å². The van der Waals surface area contributed by atoms with Crippen LogP contribution in [-0.4, -0.2) is 59.3 Å². The molecule has 0 saturated carbocycles. The van der Waals surface area contributed by atoms with Crippen molar-refractivity contribution >= 4 is 12.0 Å². The van der Waals surface area contributed by atoms with Gasteiger partial charge in [-0.25, -0.2) is 4.79 Å². The molecular weight excluding hydrogens is 496 g/mol. The number of ether oxygens (including phenoxy) is 2. The largest absolute Gasteiger partial charge is 0.489 e. The third-order valence-corrected chi connectivity index (χ3v) is 6.18. The number of nitrogens with one attached hydrogen (secondary N) is 2. The van der Waals surface area contributed by atoms with Gasteiger partial charge in [0.2, 0.25) is 5.91 Å². The van der Waals surface area contributed by atoms with Gasteiger partial charge in [-0.3, -0.25) is 4.79 Å². The molecule has 0 radical (unpaired) electrons. The van der Waals surface area contributed by atoms with Crippen LogP contribution < -0.4 is 15.4 Å². The highest BCUT2D eigenvalue weighted by molar-refractivity contribution is 5.85. The van der Waals surface area contributed by atoms with Gasteiger partial charge in [-0.2, -0.15) is 0 Å². The van der Waals surface area contributed by atoms with Gasteiger partial charge in [0.05, 0.1) is 19.9 Å². The van der Waals surface area contributed by atoms with E-state index in [0.29, 0.717) is 39.6 Å². The van der Waals surface area contributed by atoms with Gasteiger partial charge < -0.3 is 35.0 Å². The molecule has 39 heavy (non-hydrogen) atoms. The second kappa shape index (κ2) is 14.4. The highest BCUT2D eigenvalue weighted by Gasteiger charge is 2.28. The monoisotopic (exact) mass is 530 g/mol. The molecule has 1 aliphatic heterocycles. The van der Waals surface area contributed by atoms with Crippen LogP contribution >= 0.6 is 0 Å². The van der Waals surface area contributed by atoms with E-state index in [1.54, 1.807) is 17.3 Å². The standard InChI is InChI=1S/C30H34N4O5/c35-29(28(32-30(36)37)20-33-16-15-31-23-33)34(17-18-38-21-25-7-3-1-4-8-25)19-24-11-13-27(14-12-24)39-22-26-9-5-2-6-10-26/h1-16,28,31-32H,17-23H2,(H,36,37)/t28-/m0/s1. The summed E-state index contributed by atoms with van der Waals surface area (Å²) in [6.07, 6.45) is 2.31. The smallest absolute Gasteiger partial charge is 0.405 e. The molecule has 1 aliphatic rings. The van der Waals surface area contributed by atoms with Gasteiger partial charge in [0.1, 0.15) is 18.4 Å². The molecule has 3 aromatic carbocycles. The van der Waals surface area contributed by atoms with E-state index in [4.69, 9.17) is 9.47 Å². The molecule has 204 valence electrons. The molecule has 4 rings (SSSR count). The number of carbonyl (C=O) groups excluding carboxylic acids is 1. The number of benzene rings is 3. The molecule has 1 heterocycles. The molecule has 0 spiro atoms. The van der Waals surface area contributed by atoms with Crippen molar-refractivity contribution in [2.45, 2.75) is 25.8 Å². The van der Waals surface area contributed by atoms with Gasteiger partial charge in [-0.05, 0) is 28.8 Å². The van der Waals surface area contributed by atoms with Crippen molar-refractivity contribution in [1.29, 1.82) is 0 Å². The van der Waals surface area contributed by atoms with Crippen LogP contribution in [0.2, 0.25) is 0 Å². The number of rotatable bonds is 14. The third kappa shape index (κ3) is 9.08. The minimum Gasteiger partial charge on any atom is -0.489 e. The summed E-state index contributed by atoms with van der Waals surface area (Å²) in [4.78, 5) is 28.6. The number of nitrogens with zero attached hydrogens (tertiary/aromatic N) is 2. The molecule has 3 N–H and O–H groups in total. The molecule has 0 bridgehead atoms. The lowest BCUT2D eigenvalue weighted by molar-refractivity contribution is -0.135. The summed E-state index contributed by atoms with van der Waals surface area (Å²) in [7, 11) is 0. The zero-order chi connectivity index (χ0) is 27.3. The summed E-state index contributed by atoms with van der Waals surface area (Å²) in [5.41, 5.74) is 3.02. The lowest BCUT2D eigenvalue weighted by atomic mass is 10.1. The van der Waals surface area contributed by atoms with Gasteiger partial charge >= 0.3 is 6.09 Å². The quantitative estimate of drug-likeness (QED) is 0.273. The van der Waals surface area contributed by atoms with E-state index in [2.05, 4.69) is 10.6 Å². The lowest BCUT2D eigenvalue weighted by Crippen LogP contribution is -2.53. The van der Waals surface area contributed by atoms with Gasteiger partial charge in [-0.15, -0.1) is 0 Å². The summed E-state index contributed by atoms with van der Waals surface area (Å²) in [5, 5.41) is 14.8. The van der Waals surface area contributed by atoms with Crippen LogP contribution in [0.5, 0.6) is 5.75 Å². The fourth-order valence-electron chi connectivity index (χ4n) is 4.15. The van der Waals surface area contributed by atoms with Crippen molar-refractivity contribution in [2.75, 3.05) is 26.4 Å². The number of carboxylic acid groups (broad SMARTS) is 1. The van der Waals surface area contributed by atoms with Crippen molar-refractivity contribution in [3.63, 3.8) is 0 Å². The van der Waals surface area contributed by atoms with Crippen molar-refractivity contribution < 1.29 is 24.2 Å². The van der Waals surface area contributed by atoms with Crippen molar-refractivity contribution in [1.82, 2.24) is 20.4 Å². The maximum absolute atomic E-state index is 13.6. The Kier molecular flexibility index (Phi) is 10.2. The zero-order valence-electron chi connectivity index (χ0n) is 21.7. The fourth-order valence-corrected chi connectivity index (χ4v) is 4.15. The second-order valence-electron chi connectivity index (χ2n) is 9.17. The molecule has 2 amide bonds. The van der Waals surface area contributed by atoms with E-state index in [9.17, 15) is 14.7 Å². The molecule has 0 saturated heterocycles. The van der Waals surface area contributed by atoms with Crippen LogP contribution in [0.4, 0.5) is 4.79 Å². The van der Waals surface area contributed by atoms with Gasteiger partial charge in [0, 0.05) is 32.0 Å². The Bertz CT molecular complexity index is 1210. The second-order valence-corrected chi connectivity index (χ2v) is 9.17. The molecular formula is C30H34N4O5. The van der Waals surface area contributed by atoms with E-state index >= 15 is 0 Å². The number of hydrogen-bond donors (Lipinski definition) is 3. The van der Waals surface area contributed by atoms with E-state index in [-0.39, 0.29) is 12.5 Å². The van der Waals surface area contributed by atoms with Crippen LogP contribution in [0.15, 0.2) is 97.3 Å². The van der Waals surface area contributed by atoms with Crippen LogP contribution in [0.25, 0.3) is 0 Å². The minimum absolute atomic E-state index is 0.211. The molecule has 3 aromatic rings. The molecule has 9 heteroatoms. The fraction of sp³-hybridized carbons (Fsp3) is 0.267. The summed E-state index contributed by atoms with van der Waals surface area (Å²) in [5.74, 6) is 0.413. The summed E-state index contributed by atoms with van der Waals surface area (Å²) in [6, 6.07) is 26.4. The van der Waals surface area contributed by atoms with Gasteiger partial charge in [0.25, 0.3) is 0 Å². The number of amides is 2. The number of carbonyl (C=O) groups is 2. The highest BCUT2D eigenvalue weighted by Crippen LogP contribution is 2.16. The SMILES string of the molecule is O=C(O)N[C@@H](CN1C=CNC1)C(=O)N(CCOCc1ccccc1)Cc1ccc(OCc2ccccc2)cc1. The Morgan fingerprint density at radius 3 is 2.21 bits per heavy atom. The van der Waals surface area contributed by atoms with Gasteiger partial charge in [0.15, 0.2) is 0 Å². The van der Waals surface area contributed by atoms with Crippen molar-refractivity contribution in [3.05, 3.63) is 114 Å². The first kappa shape index (κ1) is 27.5. The normalized spacial score (nSPS) is 13.0. The first-order chi connectivity index (χ1) is 19.1. The number of hydrogen-bond acceptors (Lipinski definition) is 6. The zero-order valence-corrected chi connectivity index (χ0v) is 21.7. The van der Waals surface area contributed by atoms with Crippen LogP contribution in [-0.2, 0) is 29.3 Å². The third-order valence-electron chi connectivity index (χ3n) is 6.18. The average molecular weight is 531 g/mol. The molecule has 9 nitrogen and oxygen atoms in total. The Morgan fingerprint density at radius 1 is 0.923 bits per heavy atom. The Hall–Kier alpha value is -4.50. The van der Waals surface area contributed by atoms with Crippen LogP contribution in [0, 0.1) is 0 Å². The maximum atomic E-state index is 13.6. The summed E-state index contributed by atoms with van der Waals surface area (Å²) >= 11 is 0. The Morgan fingerprint density at radius 2 is 1.59 bits per heavy atom. The predicted octanol–water partition coefficient (Wildman–Crippen LogP) is 3.78. The molecule has 0 unspecified atom stereocenters. The van der Waals surface area contributed by atoms with Crippen LogP contribution in [0.3, 0.4) is 0 Å². The molecule has 0 aromatic heterocycles. The first-order valence-corrected chi connectivity index (χ1v) is 12.9. The Labute approximate surface area is 228 Å². The molecule has 0 fully saturated rings. The first-order valence-electron chi connectivity index (χ1n) is 12.9. The van der Waals surface area contributed by atoms with E-state index in [1.165, 1.54) is 0 Å². The maximum Gasteiger partial charge on any atom is 0.405 e. The molecule has 1 atom stereocenters. The van der Waals surface area contributed by atoms with Crippen molar-refractivity contribution in [2.24, 2.45) is 0 Å². The predicted molar refractivity (Wildman–Crippen MR) is 148 cm³/mol. The lowest BCUT2D eigenvalue weighted by Gasteiger charge is -2.29. The summed E-state index contributed by atoms with van der Waals surface area (Å²) < 4.78 is 11.7. The minimum atomic E-state index is -1.25. The van der Waals surface area contributed by atoms with Gasteiger partial charge in [-0.1, -0.05) is 72.8 Å². The summed E-state index contributed by atoms with van der Waals surface area (Å²) in [6.45, 7) is 2.54. The van der Waals surface area contributed by atoms with E-state index in [0.717, 1.165) is 22.4 Å². The van der Waals surface area contributed by atoms with E-state index < -0.39 is 12.1 Å². The topological polar surface area (TPSA) is 103 Å². The van der Waals surface area contributed by atoms with E-state index in [1.807, 2.05) is 89.8 Å². The molecule has 0 aliphatic carbocycles. The Balaban J connectivity index is 1.41. The average Bonchev–Trinajstić information content (AvgIpc) is 3.47. The highest BCUT2D eigenvalue weighted by atomic mass is 16.5. The van der Waals surface area contributed by atoms with Crippen molar-refractivity contribution in [3.8, 4) is 5.75 Å².